The highest BCUT2D eigenvalue weighted by Gasteiger charge is 2.28. The van der Waals surface area contributed by atoms with Crippen LogP contribution in [0.25, 0.3) is 0 Å². The lowest BCUT2D eigenvalue weighted by atomic mass is 10.1. The number of amides is 2. The molecule has 0 saturated heterocycles. The maximum Gasteiger partial charge on any atom is 0.242 e. The van der Waals surface area contributed by atoms with Gasteiger partial charge in [-0.05, 0) is 36.6 Å². The van der Waals surface area contributed by atoms with Crippen molar-refractivity contribution in [2.75, 3.05) is 12.3 Å². The second-order valence-electron chi connectivity index (χ2n) is 6.55. The molecule has 2 amide bonds. The van der Waals surface area contributed by atoms with Crippen LogP contribution in [0.2, 0.25) is 10.0 Å². The van der Waals surface area contributed by atoms with Crippen LogP contribution >= 0.6 is 35.0 Å². The molecule has 29 heavy (non-hydrogen) atoms. The molecule has 7 heteroatoms. The third kappa shape index (κ3) is 7.25. The summed E-state index contributed by atoms with van der Waals surface area (Å²) in [7, 11) is 0. The number of carbonyl (C=O) groups is 2. The van der Waals surface area contributed by atoms with E-state index >= 15 is 0 Å². The van der Waals surface area contributed by atoms with Gasteiger partial charge in [-0.25, -0.2) is 0 Å². The molecule has 0 aliphatic carbocycles. The van der Waals surface area contributed by atoms with E-state index in [-0.39, 0.29) is 17.6 Å². The van der Waals surface area contributed by atoms with E-state index < -0.39 is 6.04 Å². The molecule has 0 aliphatic heterocycles. The molecule has 1 unspecified atom stereocenters. The summed E-state index contributed by atoms with van der Waals surface area (Å²) in [6.45, 7) is 4.73. The molecule has 0 aliphatic rings. The third-order valence-corrected chi connectivity index (χ3v) is 5.98. The fourth-order valence-corrected chi connectivity index (χ4v) is 4.43. The highest BCUT2D eigenvalue weighted by atomic mass is 35.5. The zero-order valence-corrected chi connectivity index (χ0v) is 19.0. The summed E-state index contributed by atoms with van der Waals surface area (Å²) in [4.78, 5) is 27.3. The van der Waals surface area contributed by atoms with Crippen molar-refractivity contribution >= 4 is 46.8 Å². The Balaban J connectivity index is 2.09. The van der Waals surface area contributed by atoms with Crippen molar-refractivity contribution in [1.29, 1.82) is 0 Å². The molecule has 2 aromatic rings. The van der Waals surface area contributed by atoms with E-state index in [2.05, 4.69) is 5.32 Å². The molecule has 156 valence electrons. The summed E-state index contributed by atoms with van der Waals surface area (Å²) < 4.78 is 0. The lowest BCUT2D eigenvalue weighted by Crippen LogP contribution is -2.49. The van der Waals surface area contributed by atoms with Gasteiger partial charge in [0.15, 0.2) is 0 Å². The Morgan fingerprint density at radius 3 is 2.45 bits per heavy atom. The molecule has 4 nitrogen and oxygen atoms in total. The predicted molar refractivity (Wildman–Crippen MR) is 122 cm³/mol. The van der Waals surface area contributed by atoms with Crippen LogP contribution in [0.5, 0.6) is 0 Å². The van der Waals surface area contributed by atoms with Gasteiger partial charge in [0.05, 0.1) is 5.75 Å². The number of hydrogen-bond donors (Lipinski definition) is 1. The van der Waals surface area contributed by atoms with Crippen LogP contribution < -0.4 is 5.32 Å². The van der Waals surface area contributed by atoms with E-state index in [4.69, 9.17) is 23.2 Å². The highest BCUT2D eigenvalue weighted by Crippen LogP contribution is 2.25. The van der Waals surface area contributed by atoms with Crippen molar-refractivity contribution in [3.8, 4) is 0 Å². The largest absolute Gasteiger partial charge is 0.355 e. The monoisotopic (exact) mass is 452 g/mol. The normalized spacial score (nSPS) is 11.7. The standard InChI is InChI=1S/C22H26Cl2N2O2S/c1-3-20(22(28)25-4-2)26(13-16-8-6-5-7-9-16)21(27)15-29-14-17-10-11-18(23)12-19(17)24/h5-12,20H,3-4,13-15H2,1-2H3,(H,25,28). The molecule has 2 rings (SSSR count). The molecule has 0 fully saturated rings. The zero-order chi connectivity index (χ0) is 21.2. The van der Waals surface area contributed by atoms with Crippen LogP contribution in [0.1, 0.15) is 31.4 Å². The lowest BCUT2D eigenvalue weighted by Gasteiger charge is -2.30. The quantitative estimate of drug-likeness (QED) is 0.540. The third-order valence-electron chi connectivity index (χ3n) is 4.43. The molecule has 0 aromatic heterocycles. The summed E-state index contributed by atoms with van der Waals surface area (Å²) >= 11 is 13.6. The van der Waals surface area contributed by atoms with Gasteiger partial charge < -0.3 is 10.2 Å². The van der Waals surface area contributed by atoms with Crippen molar-refractivity contribution in [3.63, 3.8) is 0 Å². The molecule has 0 bridgehead atoms. The van der Waals surface area contributed by atoms with Crippen molar-refractivity contribution in [3.05, 3.63) is 69.7 Å². The number of nitrogens with zero attached hydrogens (tertiary/aromatic N) is 1. The first-order chi connectivity index (χ1) is 14.0. The van der Waals surface area contributed by atoms with Crippen LogP contribution in [0.4, 0.5) is 0 Å². The number of likely N-dealkylation sites (N-methyl/N-ethyl adjacent to an activating group) is 1. The van der Waals surface area contributed by atoms with Crippen molar-refractivity contribution in [2.45, 2.75) is 38.6 Å². The van der Waals surface area contributed by atoms with E-state index in [9.17, 15) is 9.59 Å². The second-order valence-corrected chi connectivity index (χ2v) is 8.38. The van der Waals surface area contributed by atoms with E-state index in [0.717, 1.165) is 11.1 Å². The molecule has 2 aromatic carbocycles. The number of rotatable bonds is 10. The Labute approximate surface area is 187 Å². The summed E-state index contributed by atoms with van der Waals surface area (Å²) in [6.07, 6.45) is 0.554. The van der Waals surface area contributed by atoms with Gasteiger partial charge in [-0.1, -0.05) is 66.5 Å². The number of hydrogen-bond acceptors (Lipinski definition) is 3. The van der Waals surface area contributed by atoms with Crippen LogP contribution in [-0.4, -0.2) is 35.1 Å². The Bertz CT molecular complexity index is 818. The Kier molecular flexibility index (Phi) is 9.85. The van der Waals surface area contributed by atoms with E-state index in [1.165, 1.54) is 11.8 Å². The Morgan fingerprint density at radius 2 is 1.83 bits per heavy atom. The topological polar surface area (TPSA) is 49.4 Å². The minimum atomic E-state index is -0.498. The second kappa shape index (κ2) is 12.1. The molecule has 1 N–H and O–H groups in total. The zero-order valence-electron chi connectivity index (χ0n) is 16.7. The Morgan fingerprint density at radius 1 is 1.10 bits per heavy atom. The van der Waals surface area contributed by atoms with Gasteiger partial charge in [-0.2, -0.15) is 0 Å². The number of carbonyl (C=O) groups excluding carboxylic acids is 2. The Hall–Kier alpha value is -1.69. The molecule has 0 spiro atoms. The van der Waals surface area contributed by atoms with Gasteiger partial charge in [-0.15, -0.1) is 11.8 Å². The van der Waals surface area contributed by atoms with Crippen LogP contribution in [0.3, 0.4) is 0 Å². The molecule has 0 saturated carbocycles. The van der Waals surface area contributed by atoms with Crippen molar-refractivity contribution in [2.24, 2.45) is 0 Å². The number of nitrogens with one attached hydrogen (secondary N) is 1. The molecule has 1 atom stereocenters. The first-order valence-electron chi connectivity index (χ1n) is 9.59. The van der Waals surface area contributed by atoms with E-state index in [1.807, 2.05) is 50.2 Å². The van der Waals surface area contributed by atoms with Gasteiger partial charge in [0, 0.05) is 28.9 Å². The lowest BCUT2D eigenvalue weighted by molar-refractivity contribution is -0.139. The van der Waals surface area contributed by atoms with Crippen molar-refractivity contribution in [1.82, 2.24) is 10.2 Å². The predicted octanol–water partition coefficient (Wildman–Crippen LogP) is 5.17. The maximum absolute atomic E-state index is 13.1. The number of halogens is 2. The van der Waals surface area contributed by atoms with Gasteiger partial charge >= 0.3 is 0 Å². The van der Waals surface area contributed by atoms with Gasteiger partial charge in [0.1, 0.15) is 6.04 Å². The van der Waals surface area contributed by atoms with Crippen LogP contribution in [0, 0.1) is 0 Å². The average molecular weight is 453 g/mol. The van der Waals surface area contributed by atoms with Gasteiger partial charge in [-0.3, -0.25) is 9.59 Å². The molecule has 0 radical (unpaired) electrons. The summed E-state index contributed by atoms with van der Waals surface area (Å²) in [5.41, 5.74) is 1.92. The average Bonchev–Trinajstić information content (AvgIpc) is 2.70. The van der Waals surface area contributed by atoms with Gasteiger partial charge in [0.2, 0.25) is 11.8 Å². The minimum Gasteiger partial charge on any atom is -0.355 e. The van der Waals surface area contributed by atoms with E-state index in [0.29, 0.717) is 35.3 Å². The summed E-state index contributed by atoms with van der Waals surface area (Å²) in [5.74, 6) is 0.674. The smallest absolute Gasteiger partial charge is 0.242 e. The SMILES string of the molecule is CCNC(=O)C(CC)N(Cc1ccccc1)C(=O)CSCc1ccc(Cl)cc1Cl. The van der Waals surface area contributed by atoms with Gasteiger partial charge in [0.25, 0.3) is 0 Å². The summed E-state index contributed by atoms with van der Waals surface area (Å²) in [5, 5.41) is 4.02. The van der Waals surface area contributed by atoms with E-state index in [1.54, 1.807) is 17.0 Å². The summed E-state index contributed by atoms with van der Waals surface area (Å²) in [6, 6.07) is 14.6. The fraction of sp³-hybridized carbons (Fsp3) is 0.364. The molecular formula is C22H26Cl2N2O2S. The van der Waals surface area contributed by atoms with Crippen LogP contribution in [-0.2, 0) is 21.9 Å². The van der Waals surface area contributed by atoms with Crippen LogP contribution in [0.15, 0.2) is 48.5 Å². The highest BCUT2D eigenvalue weighted by molar-refractivity contribution is 7.99. The number of thioether (sulfide) groups is 1. The fourth-order valence-electron chi connectivity index (χ4n) is 2.96. The minimum absolute atomic E-state index is 0.0676. The maximum atomic E-state index is 13.1. The van der Waals surface area contributed by atoms with Crippen molar-refractivity contribution < 1.29 is 9.59 Å². The number of benzene rings is 2. The molecule has 0 heterocycles. The molecular weight excluding hydrogens is 427 g/mol. The first-order valence-corrected chi connectivity index (χ1v) is 11.5. The first kappa shape index (κ1) is 23.6.